The quantitative estimate of drug-likeness (QED) is 0.876. The van der Waals surface area contributed by atoms with Crippen LogP contribution in [0.5, 0.6) is 0 Å². The lowest BCUT2D eigenvalue weighted by Crippen LogP contribution is -2.30. The Morgan fingerprint density at radius 1 is 1.45 bits per heavy atom. The fourth-order valence-electron chi connectivity index (χ4n) is 3.06. The lowest BCUT2D eigenvalue weighted by Gasteiger charge is -2.33. The van der Waals surface area contributed by atoms with Gasteiger partial charge in [-0.1, -0.05) is 26.7 Å². The van der Waals surface area contributed by atoms with Crippen molar-refractivity contribution in [2.75, 3.05) is 6.54 Å². The Bertz CT molecular complexity index is 430. The molecule has 1 aromatic heterocycles. The summed E-state index contributed by atoms with van der Waals surface area (Å²) in [6, 6.07) is 0.0105. The van der Waals surface area contributed by atoms with Gasteiger partial charge in [-0.3, -0.25) is 0 Å². The zero-order valence-electron chi connectivity index (χ0n) is 11.8. The SMILES string of the molecule is CCNC(c1cnc(C(F)(F)F)s1)C1CCCC(C)C1. The van der Waals surface area contributed by atoms with Gasteiger partial charge in [-0.2, -0.15) is 13.2 Å². The molecule has 0 radical (unpaired) electrons. The van der Waals surface area contributed by atoms with Gasteiger partial charge in [-0.15, -0.1) is 11.3 Å². The van der Waals surface area contributed by atoms with Gasteiger partial charge in [0.15, 0.2) is 5.01 Å². The summed E-state index contributed by atoms with van der Waals surface area (Å²) in [6.45, 7) is 4.97. The number of halogens is 3. The number of thiazole rings is 1. The molecule has 0 amide bonds. The zero-order valence-corrected chi connectivity index (χ0v) is 12.7. The maximum Gasteiger partial charge on any atom is 0.443 e. The summed E-state index contributed by atoms with van der Waals surface area (Å²) in [6.07, 6.45) is 1.63. The van der Waals surface area contributed by atoms with E-state index in [2.05, 4.69) is 17.2 Å². The van der Waals surface area contributed by atoms with E-state index < -0.39 is 11.2 Å². The molecule has 1 aliphatic carbocycles. The Morgan fingerprint density at radius 2 is 2.20 bits per heavy atom. The molecule has 6 heteroatoms. The molecule has 0 aliphatic heterocycles. The van der Waals surface area contributed by atoms with Gasteiger partial charge in [-0.25, -0.2) is 4.98 Å². The number of alkyl halides is 3. The molecule has 2 nitrogen and oxygen atoms in total. The largest absolute Gasteiger partial charge is 0.443 e. The van der Waals surface area contributed by atoms with Crippen LogP contribution in [0.1, 0.15) is 55.5 Å². The minimum absolute atomic E-state index is 0.0105. The van der Waals surface area contributed by atoms with Gasteiger partial charge in [0, 0.05) is 17.1 Å². The summed E-state index contributed by atoms with van der Waals surface area (Å²) in [5.74, 6) is 1.07. The van der Waals surface area contributed by atoms with E-state index in [4.69, 9.17) is 0 Å². The van der Waals surface area contributed by atoms with Crippen LogP contribution in [0.3, 0.4) is 0 Å². The van der Waals surface area contributed by atoms with E-state index in [0.29, 0.717) is 11.8 Å². The Morgan fingerprint density at radius 3 is 2.75 bits per heavy atom. The predicted octanol–water partition coefficient (Wildman–Crippen LogP) is 4.64. The molecule has 114 valence electrons. The normalized spacial score (nSPS) is 25.6. The molecular formula is C14H21F3N2S. The highest BCUT2D eigenvalue weighted by Gasteiger charge is 2.36. The molecule has 0 spiro atoms. The van der Waals surface area contributed by atoms with Gasteiger partial charge < -0.3 is 5.32 Å². The van der Waals surface area contributed by atoms with Crippen molar-refractivity contribution in [2.45, 2.75) is 51.7 Å². The van der Waals surface area contributed by atoms with E-state index >= 15 is 0 Å². The predicted molar refractivity (Wildman–Crippen MR) is 74.7 cm³/mol. The Kier molecular flexibility index (Phi) is 5.07. The number of hydrogen-bond acceptors (Lipinski definition) is 3. The van der Waals surface area contributed by atoms with Crippen LogP contribution < -0.4 is 5.32 Å². The average molecular weight is 306 g/mol. The van der Waals surface area contributed by atoms with E-state index in [1.165, 1.54) is 19.0 Å². The number of nitrogens with zero attached hydrogens (tertiary/aromatic N) is 1. The molecule has 1 saturated carbocycles. The topological polar surface area (TPSA) is 24.9 Å². The van der Waals surface area contributed by atoms with Crippen molar-refractivity contribution in [3.8, 4) is 0 Å². The molecule has 0 saturated heterocycles. The highest BCUT2D eigenvalue weighted by atomic mass is 32.1. The van der Waals surface area contributed by atoms with Crippen molar-refractivity contribution >= 4 is 11.3 Å². The summed E-state index contributed by atoms with van der Waals surface area (Å²) in [5, 5.41) is 2.62. The minimum Gasteiger partial charge on any atom is -0.309 e. The number of nitrogens with one attached hydrogen (secondary N) is 1. The second kappa shape index (κ2) is 6.43. The molecule has 2 rings (SSSR count). The summed E-state index contributed by atoms with van der Waals surface area (Å²) >= 11 is 0.784. The molecule has 0 bridgehead atoms. The van der Waals surface area contributed by atoms with E-state index in [0.717, 1.165) is 35.6 Å². The molecule has 1 heterocycles. The van der Waals surface area contributed by atoms with Crippen molar-refractivity contribution in [3.05, 3.63) is 16.1 Å². The lowest BCUT2D eigenvalue weighted by molar-refractivity contribution is -0.137. The molecule has 0 aromatic carbocycles. The van der Waals surface area contributed by atoms with E-state index in [-0.39, 0.29) is 6.04 Å². The van der Waals surface area contributed by atoms with Crippen molar-refractivity contribution in [1.82, 2.24) is 10.3 Å². The number of rotatable bonds is 4. The maximum absolute atomic E-state index is 12.7. The van der Waals surface area contributed by atoms with Crippen molar-refractivity contribution < 1.29 is 13.2 Å². The standard InChI is InChI=1S/C14H21F3N2S/c1-3-18-12(10-6-4-5-9(2)7-10)11-8-19-13(20-11)14(15,16)17/h8-10,12,18H,3-7H2,1-2H3. The van der Waals surface area contributed by atoms with Gasteiger partial charge in [0.05, 0.1) is 0 Å². The first-order valence-corrected chi connectivity index (χ1v) is 7.99. The fourth-order valence-corrected chi connectivity index (χ4v) is 4.02. The molecule has 1 aliphatic rings. The Labute approximate surface area is 121 Å². The van der Waals surface area contributed by atoms with Crippen LogP contribution in [-0.2, 0) is 6.18 Å². The molecule has 1 aromatic rings. The van der Waals surface area contributed by atoms with Gasteiger partial charge in [0.2, 0.25) is 0 Å². The lowest BCUT2D eigenvalue weighted by atomic mass is 9.78. The maximum atomic E-state index is 12.7. The Hall–Kier alpha value is -0.620. The van der Waals surface area contributed by atoms with Crippen molar-refractivity contribution in [1.29, 1.82) is 0 Å². The van der Waals surface area contributed by atoms with Gasteiger partial charge in [0.1, 0.15) is 0 Å². The van der Waals surface area contributed by atoms with E-state index in [1.807, 2.05) is 6.92 Å². The average Bonchev–Trinajstić information content (AvgIpc) is 2.85. The van der Waals surface area contributed by atoms with Crippen LogP contribution in [0.25, 0.3) is 0 Å². The van der Waals surface area contributed by atoms with Crippen LogP contribution in [0, 0.1) is 11.8 Å². The van der Waals surface area contributed by atoms with Crippen molar-refractivity contribution in [3.63, 3.8) is 0 Å². The third-order valence-electron chi connectivity index (χ3n) is 3.94. The summed E-state index contributed by atoms with van der Waals surface area (Å²) in [4.78, 5) is 4.28. The van der Waals surface area contributed by atoms with Crippen LogP contribution >= 0.6 is 11.3 Å². The molecule has 3 unspecified atom stereocenters. The summed E-state index contributed by atoms with van der Waals surface area (Å²) in [7, 11) is 0. The first kappa shape index (κ1) is 15.8. The Balaban J connectivity index is 2.17. The number of hydrogen-bond donors (Lipinski definition) is 1. The van der Waals surface area contributed by atoms with Crippen LogP contribution in [0.4, 0.5) is 13.2 Å². The molecular weight excluding hydrogens is 285 g/mol. The summed E-state index contributed by atoms with van der Waals surface area (Å²) in [5.41, 5.74) is 0. The smallest absolute Gasteiger partial charge is 0.309 e. The van der Waals surface area contributed by atoms with Gasteiger partial charge in [0.25, 0.3) is 0 Å². The van der Waals surface area contributed by atoms with Gasteiger partial charge >= 0.3 is 6.18 Å². The van der Waals surface area contributed by atoms with Gasteiger partial charge in [-0.05, 0) is 31.2 Å². The molecule has 3 atom stereocenters. The second-order valence-corrected chi connectivity index (χ2v) is 6.69. The first-order valence-electron chi connectivity index (χ1n) is 7.18. The van der Waals surface area contributed by atoms with E-state index in [1.54, 1.807) is 0 Å². The van der Waals surface area contributed by atoms with Crippen LogP contribution in [0.15, 0.2) is 6.20 Å². The molecule has 1 fully saturated rings. The second-order valence-electron chi connectivity index (χ2n) is 5.63. The fraction of sp³-hybridized carbons (Fsp3) is 0.786. The van der Waals surface area contributed by atoms with Crippen LogP contribution in [0.2, 0.25) is 0 Å². The van der Waals surface area contributed by atoms with Crippen LogP contribution in [-0.4, -0.2) is 11.5 Å². The third kappa shape index (κ3) is 3.73. The monoisotopic (exact) mass is 306 g/mol. The molecule has 20 heavy (non-hydrogen) atoms. The number of aromatic nitrogens is 1. The molecule has 1 N–H and O–H groups in total. The third-order valence-corrected chi connectivity index (χ3v) is 5.07. The minimum atomic E-state index is -4.33. The van der Waals surface area contributed by atoms with E-state index in [9.17, 15) is 13.2 Å². The highest BCUT2D eigenvalue weighted by molar-refractivity contribution is 7.11. The van der Waals surface area contributed by atoms with Crippen molar-refractivity contribution in [2.24, 2.45) is 11.8 Å². The highest BCUT2D eigenvalue weighted by Crippen LogP contribution is 2.41. The summed E-state index contributed by atoms with van der Waals surface area (Å²) < 4.78 is 38.0. The zero-order chi connectivity index (χ0) is 14.8. The first-order chi connectivity index (χ1) is 9.41.